The largest absolute Gasteiger partial charge is 0.465 e. The van der Waals surface area contributed by atoms with Crippen LogP contribution in [0.15, 0.2) is 24.3 Å². The minimum absolute atomic E-state index is 0.0464. The number of hydrogen-bond acceptors (Lipinski definition) is 6. The van der Waals surface area contributed by atoms with Crippen molar-refractivity contribution in [3.8, 4) is 11.3 Å². The summed E-state index contributed by atoms with van der Waals surface area (Å²) in [5.74, 6) is -2.71. The van der Waals surface area contributed by atoms with E-state index in [1.54, 1.807) is 6.92 Å². The third-order valence-corrected chi connectivity index (χ3v) is 6.76. The first kappa shape index (κ1) is 19.4. The van der Waals surface area contributed by atoms with Crippen molar-refractivity contribution in [3.63, 3.8) is 0 Å². The molecule has 0 bridgehead atoms. The van der Waals surface area contributed by atoms with Crippen LogP contribution >= 0.6 is 0 Å². The highest BCUT2D eigenvalue weighted by Crippen LogP contribution is 2.32. The Morgan fingerprint density at radius 3 is 2.62 bits per heavy atom. The number of aryl methyl sites for hydroxylation is 1. The van der Waals surface area contributed by atoms with E-state index in [-0.39, 0.29) is 28.3 Å². The number of carbonyl (C=O) groups is 1. The number of esters is 1. The second-order valence-corrected chi connectivity index (χ2v) is 9.19. The van der Waals surface area contributed by atoms with Gasteiger partial charge in [-0.05, 0) is 37.6 Å². The van der Waals surface area contributed by atoms with Crippen LogP contribution in [0.25, 0.3) is 22.3 Å². The van der Waals surface area contributed by atoms with Crippen molar-refractivity contribution in [1.29, 1.82) is 0 Å². The minimum Gasteiger partial charge on any atom is -0.465 e. The zero-order valence-corrected chi connectivity index (χ0v) is 16.5. The van der Waals surface area contributed by atoms with Gasteiger partial charge in [0.1, 0.15) is 0 Å². The molecule has 0 amide bonds. The monoisotopic (exact) mass is 421 g/mol. The minimum atomic E-state index is -3.18. The van der Waals surface area contributed by atoms with Crippen molar-refractivity contribution in [3.05, 3.63) is 47.2 Å². The van der Waals surface area contributed by atoms with Crippen LogP contribution < -0.4 is 0 Å². The highest BCUT2D eigenvalue weighted by Gasteiger charge is 2.32. The number of aromatic nitrogens is 3. The molecule has 152 valence electrons. The van der Waals surface area contributed by atoms with Gasteiger partial charge in [-0.25, -0.2) is 31.7 Å². The van der Waals surface area contributed by atoms with E-state index in [0.717, 1.165) is 12.1 Å². The van der Waals surface area contributed by atoms with Crippen molar-refractivity contribution in [2.75, 3.05) is 18.6 Å². The Morgan fingerprint density at radius 1 is 1.24 bits per heavy atom. The Morgan fingerprint density at radius 2 is 2.00 bits per heavy atom. The molecule has 1 fully saturated rings. The normalized spacial score (nSPS) is 18.3. The molecule has 2 aromatic heterocycles. The van der Waals surface area contributed by atoms with Crippen LogP contribution in [0, 0.1) is 18.6 Å². The van der Waals surface area contributed by atoms with Gasteiger partial charge in [0.05, 0.1) is 47.0 Å². The standard InChI is InChI=1S/C19H17F2N3O4S/c1-10-17-13(19(25)28-2)8-16(11-3-4-14(20)15(21)7-11)22-18(17)24(23-10)12-5-6-29(26,27)9-12/h3-4,7-8,12H,5-6,9H2,1-2H3/t12-/m0/s1. The summed E-state index contributed by atoms with van der Waals surface area (Å²) in [4.78, 5) is 16.9. The predicted molar refractivity (Wildman–Crippen MR) is 101 cm³/mol. The number of carbonyl (C=O) groups excluding carboxylic acids is 1. The summed E-state index contributed by atoms with van der Waals surface area (Å²) < 4.78 is 57.3. The molecule has 1 aromatic carbocycles. The van der Waals surface area contributed by atoms with E-state index in [1.807, 2.05) is 0 Å². The molecule has 4 rings (SSSR count). The van der Waals surface area contributed by atoms with E-state index < -0.39 is 33.5 Å². The van der Waals surface area contributed by atoms with Crippen LogP contribution in [-0.2, 0) is 14.6 Å². The number of ether oxygens (including phenoxy) is 1. The SMILES string of the molecule is COC(=O)c1cc(-c2ccc(F)c(F)c2)nc2c1c(C)nn2[C@H]1CCS(=O)(=O)C1. The van der Waals surface area contributed by atoms with E-state index in [1.165, 1.54) is 23.9 Å². The third kappa shape index (κ3) is 3.37. The maximum Gasteiger partial charge on any atom is 0.338 e. The van der Waals surface area contributed by atoms with Crippen LogP contribution in [0.3, 0.4) is 0 Å². The number of benzene rings is 1. The summed E-state index contributed by atoms with van der Waals surface area (Å²) >= 11 is 0. The summed E-state index contributed by atoms with van der Waals surface area (Å²) in [6.07, 6.45) is 0.378. The first-order chi connectivity index (χ1) is 13.7. The van der Waals surface area contributed by atoms with Gasteiger partial charge in [0.25, 0.3) is 0 Å². The molecule has 0 N–H and O–H groups in total. The highest BCUT2D eigenvalue weighted by atomic mass is 32.2. The highest BCUT2D eigenvalue weighted by molar-refractivity contribution is 7.91. The Bertz CT molecular complexity index is 1250. The Labute approximate surface area is 165 Å². The first-order valence-corrected chi connectivity index (χ1v) is 10.7. The van der Waals surface area contributed by atoms with Gasteiger partial charge < -0.3 is 4.74 Å². The van der Waals surface area contributed by atoms with Gasteiger partial charge in [-0.15, -0.1) is 0 Å². The molecule has 0 aliphatic carbocycles. The molecule has 0 radical (unpaired) electrons. The molecule has 29 heavy (non-hydrogen) atoms. The summed E-state index contributed by atoms with van der Waals surface area (Å²) in [5.41, 5.74) is 1.45. The van der Waals surface area contributed by atoms with Gasteiger partial charge in [0.2, 0.25) is 0 Å². The Kier molecular flexibility index (Phi) is 4.60. The van der Waals surface area contributed by atoms with Crippen LogP contribution in [0.2, 0.25) is 0 Å². The molecule has 0 spiro atoms. The maximum atomic E-state index is 13.7. The van der Waals surface area contributed by atoms with Gasteiger partial charge >= 0.3 is 5.97 Å². The summed E-state index contributed by atoms with van der Waals surface area (Å²) in [7, 11) is -1.95. The molecule has 7 nitrogen and oxygen atoms in total. The number of nitrogens with zero attached hydrogens (tertiary/aromatic N) is 3. The van der Waals surface area contributed by atoms with Crippen LogP contribution in [-0.4, -0.2) is 47.8 Å². The predicted octanol–water partition coefficient (Wildman–Crippen LogP) is 2.83. The molecule has 3 aromatic rings. The second-order valence-electron chi connectivity index (χ2n) is 6.96. The van der Waals surface area contributed by atoms with Gasteiger partial charge in [0, 0.05) is 5.56 Å². The zero-order chi connectivity index (χ0) is 20.9. The second kappa shape index (κ2) is 6.87. The number of hydrogen-bond donors (Lipinski definition) is 0. The molecule has 1 saturated heterocycles. The van der Waals surface area contributed by atoms with Crippen LogP contribution in [0.5, 0.6) is 0 Å². The molecule has 1 aliphatic heterocycles. The summed E-state index contributed by atoms with van der Waals surface area (Å²) in [6, 6.07) is 4.32. The molecule has 0 saturated carbocycles. The number of fused-ring (bicyclic) bond motifs is 1. The fourth-order valence-corrected chi connectivity index (χ4v) is 5.30. The lowest BCUT2D eigenvalue weighted by Gasteiger charge is -2.11. The average Bonchev–Trinajstić information content (AvgIpc) is 3.21. The summed E-state index contributed by atoms with van der Waals surface area (Å²) in [6.45, 7) is 1.69. The van der Waals surface area contributed by atoms with E-state index >= 15 is 0 Å². The van der Waals surface area contributed by atoms with Crippen molar-refractivity contribution in [2.24, 2.45) is 0 Å². The number of sulfone groups is 1. The molecule has 1 atom stereocenters. The smallest absolute Gasteiger partial charge is 0.338 e. The fourth-order valence-electron chi connectivity index (χ4n) is 3.61. The number of halogens is 2. The lowest BCUT2D eigenvalue weighted by atomic mass is 10.1. The van der Waals surface area contributed by atoms with Gasteiger partial charge in [-0.3, -0.25) is 0 Å². The molecule has 0 unspecified atom stereocenters. The lowest BCUT2D eigenvalue weighted by molar-refractivity contribution is 0.0603. The zero-order valence-electron chi connectivity index (χ0n) is 15.6. The van der Waals surface area contributed by atoms with Gasteiger partial charge in [-0.2, -0.15) is 5.10 Å². The fraction of sp³-hybridized carbons (Fsp3) is 0.316. The van der Waals surface area contributed by atoms with Crippen molar-refractivity contribution in [1.82, 2.24) is 14.8 Å². The van der Waals surface area contributed by atoms with E-state index in [4.69, 9.17) is 4.74 Å². The van der Waals surface area contributed by atoms with Gasteiger partial charge in [0.15, 0.2) is 27.1 Å². The quantitative estimate of drug-likeness (QED) is 0.604. The Balaban J connectivity index is 1.97. The van der Waals surface area contributed by atoms with Crippen LogP contribution in [0.4, 0.5) is 8.78 Å². The van der Waals surface area contributed by atoms with Crippen molar-refractivity contribution < 1.29 is 26.7 Å². The van der Waals surface area contributed by atoms with E-state index in [2.05, 4.69) is 10.1 Å². The average molecular weight is 421 g/mol. The van der Waals surface area contributed by atoms with E-state index in [0.29, 0.717) is 23.1 Å². The lowest BCUT2D eigenvalue weighted by Crippen LogP contribution is -2.13. The van der Waals surface area contributed by atoms with Crippen molar-refractivity contribution in [2.45, 2.75) is 19.4 Å². The Hall–Kier alpha value is -2.88. The topological polar surface area (TPSA) is 91.2 Å². The van der Waals surface area contributed by atoms with E-state index in [9.17, 15) is 22.0 Å². The third-order valence-electron chi connectivity index (χ3n) is 5.01. The van der Waals surface area contributed by atoms with Crippen molar-refractivity contribution >= 4 is 26.8 Å². The first-order valence-electron chi connectivity index (χ1n) is 8.84. The molecular formula is C19H17F2N3O4S. The maximum absolute atomic E-state index is 13.7. The molecule has 3 heterocycles. The van der Waals surface area contributed by atoms with Crippen LogP contribution in [0.1, 0.15) is 28.5 Å². The molecule has 1 aliphatic rings. The summed E-state index contributed by atoms with van der Waals surface area (Å²) in [5, 5.41) is 4.87. The van der Waals surface area contributed by atoms with Gasteiger partial charge in [-0.1, -0.05) is 0 Å². The number of rotatable bonds is 3. The molecule has 10 heteroatoms. The molecular weight excluding hydrogens is 404 g/mol. The number of pyridine rings is 1. The number of methoxy groups -OCH3 is 1.